The van der Waals surface area contributed by atoms with Crippen molar-refractivity contribution in [3.8, 4) is 0 Å². The van der Waals surface area contributed by atoms with Crippen molar-refractivity contribution in [2.75, 3.05) is 11.9 Å². The third-order valence-corrected chi connectivity index (χ3v) is 3.49. The molecule has 9 heteroatoms. The van der Waals surface area contributed by atoms with E-state index in [4.69, 9.17) is 11.6 Å². The number of urea groups is 1. The molecule has 2 unspecified atom stereocenters. The minimum atomic E-state index is -4.66. The van der Waals surface area contributed by atoms with E-state index < -0.39 is 29.5 Å². The maximum Gasteiger partial charge on any atom is 0.452 e. The third kappa shape index (κ3) is 2.35. The highest BCUT2D eigenvalue weighted by molar-refractivity contribution is 6.26. The number of carbonyl (C=O) groups is 1. The molecule has 0 saturated carbocycles. The van der Waals surface area contributed by atoms with Crippen molar-refractivity contribution >= 4 is 23.4 Å². The molecule has 1 aromatic heterocycles. The molecule has 0 aromatic carbocycles. The fourth-order valence-corrected chi connectivity index (χ4v) is 2.41. The van der Waals surface area contributed by atoms with Crippen LogP contribution in [0.5, 0.6) is 0 Å². The Labute approximate surface area is 117 Å². The summed E-state index contributed by atoms with van der Waals surface area (Å²) >= 11 is 6.12. The number of rotatable bonds is 3. The van der Waals surface area contributed by atoms with Crippen molar-refractivity contribution in [1.29, 1.82) is 0 Å². The molecule has 1 aromatic rings. The first-order valence-corrected chi connectivity index (χ1v) is 6.06. The second kappa shape index (κ2) is 5.01. The van der Waals surface area contributed by atoms with Gasteiger partial charge >= 0.3 is 12.2 Å². The van der Waals surface area contributed by atoms with Crippen LogP contribution in [0.25, 0.3) is 0 Å². The van der Waals surface area contributed by atoms with Crippen molar-refractivity contribution in [3.05, 3.63) is 24.5 Å². The van der Waals surface area contributed by atoms with Gasteiger partial charge in [0.1, 0.15) is 5.50 Å². The lowest BCUT2D eigenvalue weighted by molar-refractivity contribution is -0.155. The van der Waals surface area contributed by atoms with Gasteiger partial charge in [-0.25, -0.2) is 4.79 Å². The van der Waals surface area contributed by atoms with Gasteiger partial charge in [0.05, 0.1) is 6.04 Å². The molecule has 110 valence electrons. The fraction of sp³-hybridized carbons (Fsp3) is 0.455. The molecule has 1 fully saturated rings. The molecule has 20 heavy (non-hydrogen) atoms. The Morgan fingerprint density at radius 1 is 1.60 bits per heavy atom. The van der Waals surface area contributed by atoms with E-state index in [0.29, 0.717) is 12.5 Å². The molecule has 0 spiro atoms. The van der Waals surface area contributed by atoms with Gasteiger partial charge in [0.25, 0.3) is 0 Å². The van der Waals surface area contributed by atoms with Crippen LogP contribution >= 0.6 is 11.6 Å². The average Bonchev–Trinajstić information content (AvgIpc) is 2.90. The van der Waals surface area contributed by atoms with Gasteiger partial charge in [0.15, 0.2) is 5.82 Å². The van der Waals surface area contributed by atoms with E-state index in [1.165, 1.54) is 11.9 Å². The van der Waals surface area contributed by atoms with Gasteiger partial charge in [-0.15, -0.1) is 6.58 Å². The van der Waals surface area contributed by atoms with Crippen LogP contribution in [0.3, 0.4) is 0 Å². The van der Waals surface area contributed by atoms with Gasteiger partial charge in [-0.2, -0.15) is 13.2 Å². The summed E-state index contributed by atoms with van der Waals surface area (Å²) in [5, 5.41) is 3.27. The molecule has 2 atom stereocenters. The Morgan fingerprint density at radius 3 is 2.75 bits per heavy atom. The van der Waals surface area contributed by atoms with E-state index in [9.17, 15) is 18.0 Å². The molecule has 5 nitrogen and oxygen atoms in total. The summed E-state index contributed by atoms with van der Waals surface area (Å²) in [6.07, 6.45) is -2.67. The summed E-state index contributed by atoms with van der Waals surface area (Å²) in [5.74, 6) is -1.54. The Hall–Kier alpha value is -1.70. The van der Waals surface area contributed by atoms with Crippen molar-refractivity contribution in [2.24, 2.45) is 0 Å². The Bertz CT molecular complexity index is 531. The lowest BCUT2D eigenvalue weighted by atomic mass is 10.2. The quantitative estimate of drug-likeness (QED) is 0.490. The molecule has 2 amide bonds. The number of hydrogen-bond acceptors (Lipinski definition) is 3. The molecule has 0 bridgehead atoms. The van der Waals surface area contributed by atoms with Crippen LogP contribution in [-0.4, -0.2) is 34.7 Å². The Morgan fingerprint density at radius 2 is 2.25 bits per heavy atom. The third-order valence-electron chi connectivity index (χ3n) is 3.00. The molecule has 1 saturated heterocycles. The second-order valence-electron chi connectivity index (χ2n) is 4.27. The minimum absolute atomic E-state index is 0.263. The Balaban J connectivity index is 2.30. The van der Waals surface area contributed by atoms with Crippen LogP contribution in [0.15, 0.2) is 23.2 Å². The number of alkyl halides is 4. The zero-order chi connectivity index (χ0) is 15.1. The first-order chi connectivity index (χ1) is 9.27. The predicted octanol–water partition coefficient (Wildman–Crippen LogP) is 3.07. The number of halogens is 4. The standard InChI is InChI=1S/C11H11ClF3N3O2/c1-3-4-6-9(12)18(10(19)17(6)2)8-5-7(20-16-8)11(13,14)15/h3,5-6,9H,1,4H2,2H3. The molecular weight excluding hydrogens is 299 g/mol. The Kier molecular flexibility index (Phi) is 3.68. The van der Waals surface area contributed by atoms with Gasteiger partial charge in [-0.05, 0) is 6.42 Å². The molecule has 2 heterocycles. The van der Waals surface area contributed by atoms with Crippen LogP contribution in [-0.2, 0) is 6.18 Å². The van der Waals surface area contributed by atoms with Gasteiger partial charge < -0.3 is 9.42 Å². The van der Waals surface area contributed by atoms with Crippen LogP contribution in [0.1, 0.15) is 12.2 Å². The van der Waals surface area contributed by atoms with Crippen molar-refractivity contribution in [3.63, 3.8) is 0 Å². The number of hydrogen-bond donors (Lipinski definition) is 0. The summed E-state index contributed by atoms with van der Waals surface area (Å²) in [7, 11) is 1.51. The van der Waals surface area contributed by atoms with E-state index in [1.54, 1.807) is 6.08 Å². The van der Waals surface area contributed by atoms with Crippen molar-refractivity contribution in [2.45, 2.75) is 24.1 Å². The van der Waals surface area contributed by atoms with E-state index >= 15 is 0 Å². The normalized spacial score (nSPS) is 23.6. The minimum Gasteiger partial charge on any atom is -0.349 e. The number of carbonyl (C=O) groups excluding carboxylic acids is 1. The van der Waals surface area contributed by atoms with E-state index in [-0.39, 0.29) is 5.82 Å². The van der Waals surface area contributed by atoms with Crippen molar-refractivity contribution in [1.82, 2.24) is 10.1 Å². The zero-order valence-corrected chi connectivity index (χ0v) is 11.1. The molecule has 0 radical (unpaired) electrons. The highest BCUT2D eigenvalue weighted by Crippen LogP contribution is 2.35. The zero-order valence-electron chi connectivity index (χ0n) is 10.4. The molecule has 0 N–H and O–H groups in total. The number of aromatic nitrogens is 1. The average molecular weight is 310 g/mol. The van der Waals surface area contributed by atoms with Crippen LogP contribution in [0, 0.1) is 0 Å². The predicted molar refractivity (Wildman–Crippen MR) is 65.4 cm³/mol. The van der Waals surface area contributed by atoms with Crippen molar-refractivity contribution < 1.29 is 22.5 Å². The molecule has 1 aliphatic heterocycles. The lowest BCUT2D eigenvalue weighted by Crippen LogP contribution is -2.32. The molecule has 0 aliphatic carbocycles. The van der Waals surface area contributed by atoms with Crippen LogP contribution in [0.4, 0.5) is 23.8 Å². The number of likely N-dealkylation sites (N-methyl/N-ethyl adjacent to an activating group) is 1. The maximum absolute atomic E-state index is 12.5. The monoisotopic (exact) mass is 309 g/mol. The second-order valence-corrected chi connectivity index (χ2v) is 4.72. The van der Waals surface area contributed by atoms with Gasteiger partial charge in [-0.3, -0.25) is 4.90 Å². The topological polar surface area (TPSA) is 49.6 Å². The van der Waals surface area contributed by atoms with Gasteiger partial charge in [0, 0.05) is 13.1 Å². The van der Waals surface area contributed by atoms with E-state index in [0.717, 1.165) is 4.90 Å². The van der Waals surface area contributed by atoms with Gasteiger partial charge in [0.2, 0.25) is 5.76 Å². The number of anilines is 1. The summed E-state index contributed by atoms with van der Waals surface area (Å²) in [5.41, 5.74) is -0.850. The summed E-state index contributed by atoms with van der Waals surface area (Å²) < 4.78 is 41.6. The highest BCUT2D eigenvalue weighted by Gasteiger charge is 2.45. The summed E-state index contributed by atoms with van der Waals surface area (Å²) in [4.78, 5) is 14.3. The van der Waals surface area contributed by atoms with E-state index in [2.05, 4.69) is 16.3 Å². The highest BCUT2D eigenvalue weighted by atomic mass is 35.5. The summed E-state index contributed by atoms with van der Waals surface area (Å²) in [6.45, 7) is 3.55. The van der Waals surface area contributed by atoms with Crippen LogP contribution < -0.4 is 4.90 Å². The molecule has 2 rings (SSSR count). The number of amides is 2. The maximum atomic E-state index is 12.5. The van der Waals surface area contributed by atoms with Gasteiger partial charge in [-0.1, -0.05) is 22.8 Å². The fourth-order valence-electron chi connectivity index (χ4n) is 1.95. The number of nitrogens with zero attached hydrogens (tertiary/aromatic N) is 3. The molecular formula is C11H11ClF3N3O2. The van der Waals surface area contributed by atoms with Crippen LogP contribution in [0.2, 0.25) is 0 Å². The summed E-state index contributed by atoms with van der Waals surface area (Å²) in [6, 6.07) is -0.288. The first kappa shape index (κ1) is 14.7. The smallest absolute Gasteiger partial charge is 0.349 e. The first-order valence-electron chi connectivity index (χ1n) is 5.62. The SMILES string of the molecule is C=CCC1C(Cl)N(c2cc(C(F)(F)F)on2)C(=O)N1C. The molecule has 1 aliphatic rings. The largest absolute Gasteiger partial charge is 0.452 e. The van der Waals surface area contributed by atoms with E-state index in [1.807, 2.05) is 0 Å². The lowest BCUT2D eigenvalue weighted by Gasteiger charge is -2.18.